The van der Waals surface area contributed by atoms with Gasteiger partial charge in [0, 0.05) is 32.3 Å². The van der Waals surface area contributed by atoms with Crippen LogP contribution in [0.25, 0.3) is 0 Å². The smallest absolute Gasteiger partial charge is 0.242 e. The second-order valence-corrected chi connectivity index (χ2v) is 7.21. The van der Waals surface area contributed by atoms with E-state index in [9.17, 15) is 13.2 Å². The molecular weight excluding hydrogens is 337 g/mol. The second-order valence-electron chi connectivity index (χ2n) is 4.68. The Morgan fingerprint density at radius 1 is 1.38 bits per heavy atom. The van der Waals surface area contributed by atoms with E-state index in [2.05, 4.69) is 9.71 Å². The number of sulfonamides is 1. The zero-order valence-corrected chi connectivity index (χ0v) is 13.5. The fourth-order valence-corrected chi connectivity index (χ4v) is 3.43. The summed E-state index contributed by atoms with van der Waals surface area (Å²) in [4.78, 5) is 16.8. The van der Waals surface area contributed by atoms with Gasteiger partial charge in [-0.15, -0.1) is 0 Å². The molecule has 1 amide bonds. The van der Waals surface area contributed by atoms with Gasteiger partial charge >= 0.3 is 0 Å². The number of carbonyl (C=O) groups is 1. The first-order valence-corrected chi connectivity index (χ1v) is 8.72. The third-order valence-electron chi connectivity index (χ3n) is 3.15. The maximum Gasteiger partial charge on any atom is 0.242 e. The molecule has 0 bridgehead atoms. The number of nitrogens with one attached hydrogen (secondary N) is 1. The first-order valence-electron chi connectivity index (χ1n) is 6.48. The average Bonchev–Trinajstić information content (AvgIpc) is 2.83. The molecule has 1 N–H and O–H groups in total. The van der Waals surface area contributed by atoms with Gasteiger partial charge in [-0.2, -0.15) is 0 Å². The molecule has 1 aliphatic rings. The standard InChI is InChI=1S/C12H15Cl2N3O3S/c13-10-7-9(8-15-12(10)14)21(19,20)16-4-2-6-17-5-1-3-11(17)18/h7-8,16H,1-6H2. The minimum absolute atomic E-state index is 0.0332. The van der Waals surface area contributed by atoms with Gasteiger partial charge in [0.25, 0.3) is 0 Å². The molecule has 6 nitrogen and oxygen atoms in total. The largest absolute Gasteiger partial charge is 0.343 e. The number of pyridine rings is 1. The van der Waals surface area contributed by atoms with Gasteiger partial charge in [-0.1, -0.05) is 23.2 Å². The molecule has 21 heavy (non-hydrogen) atoms. The lowest BCUT2D eigenvalue weighted by Crippen LogP contribution is -2.30. The summed E-state index contributed by atoms with van der Waals surface area (Å²) in [6.45, 7) is 1.55. The van der Waals surface area contributed by atoms with E-state index in [0.29, 0.717) is 19.4 Å². The molecule has 116 valence electrons. The van der Waals surface area contributed by atoms with E-state index in [1.807, 2.05) is 0 Å². The van der Waals surface area contributed by atoms with Gasteiger partial charge in [-0.25, -0.2) is 18.1 Å². The summed E-state index contributed by atoms with van der Waals surface area (Å²) < 4.78 is 26.5. The monoisotopic (exact) mass is 351 g/mol. The molecule has 0 radical (unpaired) electrons. The number of likely N-dealkylation sites (tertiary alicyclic amines) is 1. The molecular formula is C12H15Cl2N3O3S. The number of nitrogens with zero attached hydrogens (tertiary/aromatic N) is 2. The van der Waals surface area contributed by atoms with E-state index in [0.717, 1.165) is 19.2 Å². The number of hydrogen-bond donors (Lipinski definition) is 1. The summed E-state index contributed by atoms with van der Waals surface area (Å²) in [5.74, 6) is 0.131. The summed E-state index contributed by atoms with van der Waals surface area (Å²) in [6, 6.07) is 1.25. The highest BCUT2D eigenvalue weighted by Crippen LogP contribution is 2.21. The Morgan fingerprint density at radius 3 is 2.76 bits per heavy atom. The minimum atomic E-state index is -3.67. The Morgan fingerprint density at radius 2 is 2.14 bits per heavy atom. The van der Waals surface area contributed by atoms with Crippen molar-refractivity contribution in [3.8, 4) is 0 Å². The van der Waals surface area contributed by atoms with Crippen molar-refractivity contribution in [2.24, 2.45) is 0 Å². The molecule has 0 aliphatic carbocycles. The highest BCUT2D eigenvalue weighted by atomic mass is 35.5. The fraction of sp³-hybridized carbons (Fsp3) is 0.500. The molecule has 1 aliphatic heterocycles. The van der Waals surface area contributed by atoms with Gasteiger partial charge in [0.15, 0.2) is 0 Å². The summed E-state index contributed by atoms with van der Waals surface area (Å²) in [7, 11) is -3.67. The van der Waals surface area contributed by atoms with Crippen molar-refractivity contribution >= 4 is 39.1 Å². The molecule has 2 heterocycles. The third-order valence-corrected chi connectivity index (χ3v) is 5.26. The maximum absolute atomic E-state index is 12.0. The van der Waals surface area contributed by atoms with Gasteiger partial charge < -0.3 is 4.90 Å². The second kappa shape index (κ2) is 6.91. The van der Waals surface area contributed by atoms with Gasteiger partial charge in [-0.05, 0) is 18.9 Å². The first-order chi connectivity index (χ1) is 9.90. The number of carbonyl (C=O) groups excluding carboxylic acids is 1. The molecule has 1 saturated heterocycles. The van der Waals surface area contributed by atoms with Crippen molar-refractivity contribution in [1.82, 2.24) is 14.6 Å². The minimum Gasteiger partial charge on any atom is -0.343 e. The molecule has 0 atom stereocenters. The van der Waals surface area contributed by atoms with E-state index < -0.39 is 10.0 Å². The molecule has 0 unspecified atom stereocenters. The number of aromatic nitrogens is 1. The van der Waals surface area contributed by atoms with Crippen molar-refractivity contribution < 1.29 is 13.2 Å². The van der Waals surface area contributed by atoms with Crippen LogP contribution in [0.5, 0.6) is 0 Å². The zero-order chi connectivity index (χ0) is 15.5. The highest BCUT2D eigenvalue weighted by Gasteiger charge is 2.20. The van der Waals surface area contributed by atoms with Crippen LogP contribution in [0.4, 0.5) is 0 Å². The average molecular weight is 352 g/mol. The molecule has 0 aromatic carbocycles. The molecule has 9 heteroatoms. The van der Waals surface area contributed by atoms with E-state index >= 15 is 0 Å². The molecule has 1 aromatic heterocycles. The van der Waals surface area contributed by atoms with Crippen LogP contribution in [-0.4, -0.2) is 43.8 Å². The van der Waals surface area contributed by atoms with Crippen LogP contribution >= 0.6 is 23.2 Å². The van der Waals surface area contributed by atoms with Crippen LogP contribution < -0.4 is 4.72 Å². The van der Waals surface area contributed by atoms with Crippen LogP contribution in [0.1, 0.15) is 19.3 Å². The zero-order valence-electron chi connectivity index (χ0n) is 11.2. The Hall–Kier alpha value is -0.890. The number of hydrogen-bond acceptors (Lipinski definition) is 4. The lowest BCUT2D eigenvalue weighted by Gasteiger charge is -2.15. The summed E-state index contributed by atoms with van der Waals surface area (Å²) in [5, 5.41) is 0.144. The normalized spacial score (nSPS) is 15.7. The lowest BCUT2D eigenvalue weighted by molar-refractivity contribution is -0.127. The van der Waals surface area contributed by atoms with Crippen molar-refractivity contribution in [2.75, 3.05) is 19.6 Å². The van der Waals surface area contributed by atoms with Crippen LogP contribution in [0.2, 0.25) is 10.2 Å². The van der Waals surface area contributed by atoms with Gasteiger partial charge in [0.2, 0.25) is 15.9 Å². The Balaban J connectivity index is 1.86. The van der Waals surface area contributed by atoms with Crippen molar-refractivity contribution in [1.29, 1.82) is 0 Å². The van der Waals surface area contributed by atoms with Gasteiger partial charge in [0.1, 0.15) is 10.0 Å². The molecule has 1 aromatic rings. The summed E-state index contributed by atoms with van der Waals surface area (Å²) in [5.41, 5.74) is 0. The van der Waals surface area contributed by atoms with Crippen molar-refractivity contribution in [3.63, 3.8) is 0 Å². The maximum atomic E-state index is 12.0. The van der Waals surface area contributed by atoms with Crippen LogP contribution in [0.15, 0.2) is 17.2 Å². The Labute approximate surface area is 133 Å². The van der Waals surface area contributed by atoms with Gasteiger partial charge in [-0.3, -0.25) is 4.79 Å². The van der Waals surface area contributed by atoms with Crippen LogP contribution in [0, 0.1) is 0 Å². The van der Waals surface area contributed by atoms with Crippen LogP contribution in [-0.2, 0) is 14.8 Å². The predicted octanol–water partition coefficient (Wildman–Crippen LogP) is 1.68. The number of amides is 1. The highest BCUT2D eigenvalue weighted by molar-refractivity contribution is 7.89. The van der Waals surface area contributed by atoms with Crippen molar-refractivity contribution in [2.45, 2.75) is 24.2 Å². The summed E-state index contributed by atoms with van der Waals surface area (Å²) in [6.07, 6.45) is 3.17. The number of halogens is 2. The molecule has 1 fully saturated rings. The SMILES string of the molecule is O=C1CCCN1CCCNS(=O)(=O)c1cnc(Cl)c(Cl)c1. The van der Waals surface area contributed by atoms with E-state index in [1.54, 1.807) is 4.90 Å². The number of rotatable bonds is 6. The van der Waals surface area contributed by atoms with Crippen LogP contribution in [0.3, 0.4) is 0 Å². The third kappa shape index (κ3) is 4.29. The van der Waals surface area contributed by atoms with Gasteiger partial charge in [0.05, 0.1) is 5.02 Å². The summed E-state index contributed by atoms with van der Waals surface area (Å²) >= 11 is 11.4. The quantitative estimate of drug-likeness (QED) is 0.624. The van der Waals surface area contributed by atoms with E-state index in [4.69, 9.17) is 23.2 Å². The lowest BCUT2D eigenvalue weighted by atomic mass is 10.4. The molecule has 2 rings (SSSR count). The fourth-order valence-electron chi connectivity index (χ4n) is 2.05. The van der Waals surface area contributed by atoms with Crippen molar-refractivity contribution in [3.05, 3.63) is 22.4 Å². The Kier molecular flexibility index (Phi) is 5.43. The van der Waals surface area contributed by atoms with E-state index in [1.165, 1.54) is 6.07 Å². The first kappa shape index (κ1) is 16.5. The molecule has 0 spiro atoms. The topological polar surface area (TPSA) is 79.4 Å². The molecule has 0 saturated carbocycles. The van der Waals surface area contributed by atoms with E-state index in [-0.39, 0.29) is 27.5 Å². The predicted molar refractivity (Wildman–Crippen MR) is 79.9 cm³/mol. The Bertz CT molecular complexity index is 637.